The highest BCUT2D eigenvalue weighted by Crippen LogP contribution is 2.28. The van der Waals surface area contributed by atoms with Crippen molar-refractivity contribution >= 4 is 29.0 Å². The number of fused-ring (bicyclic) bond motifs is 1. The van der Waals surface area contributed by atoms with Crippen LogP contribution in [0.15, 0.2) is 59.2 Å². The van der Waals surface area contributed by atoms with Crippen LogP contribution in [-0.2, 0) is 16.1 Å². The summed E-state index contributed by atoms with van der Waals surface area (Å²) >= 11 is 1.48. The Labute approximate surface area is 160 Å². The quantitative estimate of drug-likeness (QED) is 0.881. The summed E-state index contributed by atoms with van der Waals surface area (Å²) in [5.74, 6) is -0.0574. The minimum atomic E-state index is -1.02. The number of hydrogen-bond donors (Lipinski definition) is 1. The molecule has 1 unspecified atom stereocenters. The number of carbonyl (C=O) groups excluding carboxylic acids is 2. The molecule has 0 aliphatic carbocycles. The molecule has 2 aromatic rings. The summed E-state index contributed by atoms with van der Waals surface area (Å²) < 4.78 is 0. The van der Waals surface area contributed by atoms with E-state index in [1.807, 2.05) is 29.7 Å². The second kappa shape index (κ2) is 6.88. The van der Waals surface area contributed by atoms with Crippen molar-refractivity contribution in [2.75, 3.05) is 0 Å². The maximum atomic E-state index is 12.9. The molecule has 2 aromatic heterocycles. The van der Waals surface area contributed by atoms with Crippen molar-refractivity contribution in [3.05, 3.63) is 59.9 Å². The summed E-state index contributed by atoms with van der Waals surface area (Å²) in [5.41, 5.74) is 0.536. The normalized spacial score (nSPS) is 21.0. The van der Waals surface area contributed by atoms with E-state index in [0.717, 1.165) is 16.4 Å². The zero-order valence-corrected chi connectivity index (χ0v) is 15.4. The first-order valence-corrected chi connectivity index (χ1v) is 9.34. The Morgan fingerprint density at radius 1 is 1.37 bits per heavy atom. The SMILES string of the molecule is CC1(C(=O)NCc2csc(-c3ccccn3)n2)CC(=O)N=C2C=CC=CN21. The van der Waals surface area contributed by atoms with Crippen LogP contribution in [0, 0.1) is 0 Å². The monoisotopic (exact) mass is 379 g/mol. The van der Waals surface area contributed by atoms with Crippen LogP contribution in [0.5, 0.6) is 0 Å². The van der Waals surface area contributed by atoms with Crippen LogP contribution in [-0.4, -0.2) is 38.1 Å². The van der Waals surface area contributed by atoms with Gasteiger partial charge in [-0.2, -0.15) is 4.99 Å². The second-order valence-electron chi connectivity index (χ2n) is 6.43. The smallest absolute Gasteiger partial charge is 0.250 e. The first-order valence-electron chi connectivity index (χ1n) is 8.46. The number of amides is 2. The second-order valence-corrected chi connectivity index (χ2v) is 7.28. The largest absolute Gasteiger partial charge is 0.348 e. The van der Waals surface area contributed by atoms with Crippen molar-refractivity contribution in [2.24, 2.45) is 4.99 Å². The van der Waals surface area contributed by atoms with Gasteiger partial charge in [0.25, 0.3) is 5.91 Å². The minimum Gasteiger partial charge on any atom is -0.348 e. The Balaban J connectivity index is 1.47. The Kier molecular flexibility index (Phi) is 4.41. The summed E-state index contributed by atoms with van der Waals surface area (Å²) in [5, 5.41) is 5.61. The summed E-state index contributed by atoms with van der Waals surface area (Å²) in [4.78, 5) is 39.5. The molecule has 1 atom stereocenters. The van der Waals surface area contributed by atoms with Gasteiger partial charge in [0.2, 0.25) is 5.91 Å². The Hall–Kier alpha value is -3.13. The third kappa shape index (κ3) is 3.31. The molecule has 8 heteroatoms. The molecule has 0 aromatic carbocycles. The Morgan fingerprint density at radius 3 is 3.07 bits per heavy atom. The van der Waals surface area contributed by atoms with Gasteiger partial charge in [-0.1, -0.05) is 12.1 Å². The fourth-order valence-electron chi connectivity index (χ4n) is 3.04. The topological polar surface area (TPSA) is 87.5 Å². The van der Waals surface area contributed by atoms with E-state index < -0.39 is 5.54 Å². The third-order valence-electron chi connectivity index (χ3n) is 4.46. The van der Waals surface area contributed by atoms with Crippen LogP contribution in [0.3, 0.4) is 0 Å². The van der Waals surface area contributed by atoms with E-state index in [2.05, 4.69) is 20.3 Å². The molecule has 2 aliphatic heterocycles. The summed E-state index contributed by atoms with van der Waals surface area (Å²) in [7, 11) is 0. The molecule has 2 amide bonds. The summed E-state index contributed by atoms with van der Waals surface area (Å²) in [6.07, 6.45) is 8.85. The molecule has 0 radical (unpaired) electrons. The number of aliphatic imine (C=N–C) groups is 1. The van der Waals surface area contributed by atoms with Gasteiger partial charge in [0.1, 0.15) is 16.4 Å². The molecule has 0 saturated carbocycles. The highest BCUT2D eigenvalue weighted by molar-refractivity contribution is 7.13. The average Bonchev–Trinajstić information content (AvgIpc) is 3.15. The predicted molar refractivity (Wildman–Crippen MR) is 103 cm³/mol. The standard InChI is InChI=1S/C19H17N5O2S/c1-19(10-16(25)23-15-7-3-5-9-24(15)19)18(26)21-11-13-12-27-17(22-13)14-6-2-4-8-20-14/h2-9,12H,10-11H2,1H3,(H,21,26). The lowest BCUT2D eigenvalue weighted by Crippen LogP contribution is -2.59. The fraction of sp³-hybridized carbons (Fsp3) is 0.211. The first kappa shape index (κ1) is 17.3. The summed E-state index contributed by atoms with van der Waals surface area (Å²) in [6.45, 7) is 2.03. The number of aromatic nitrogens is 2. The lowest BCUT2D eigenvalue weighted by atomic mass is 9.91. The van der Waals surface area contributed by atoms with E-state index in [1.54, 1.807) is 36.4 Å². The van der Waals surface area contributed by atoms with E-state index >= 15 is 0 Å². The molecular weight excluding hydrogens is 362 g/mol. The van der Waals surface area contributed by atoms with Gasteiger partial charge in [0.05, 0.1) is 24.4 Å². The van der Waals surface area contributed by atoms with Gasteiger partial charge in [-0.05, 0) is 31.2 Å². The van der Waals surface area contributed by atoms with Crippen LogP contribution in [0.25, 0.3) is 10.7 Å². The Morgan fingerprint density at radius 2 is 2.26 bits per heavy atom. The molecular formula is C19H17N5O2S. The highest BCUT2D eigenvalue weighted by Gasteiger charge is 2.45. The van der Waals surface area contributed by atoms with Crippen LogP contribution in [0.1, 0.15) is 19.0 Å². The zero-order chi connectivity index (χ0) is 18.9. The van der Waals surface area contributed by atoms with Crippen LogP contribution >= 0.6 is 11.3 Å². The molecule has 2 aliphatic rings. The van der Waals surface area contributed by atoms with Crippen molar-refractivity contribution in [3.63, 3.8) is 0 Å². The number of allylic oxidation sites excluding steroid dienone is 2. The van der Waals surface area contributed by atoms with Gasteiger partial charge in [-0.15, -0.1) is 11.3 Å². The number of rotatable bonds is 4. The molecule has 4 rings (SSSR count). The van der Waals surface area contributed by atoms with E-state index in [4.69, 9.17) is 0 Å². The molecule has 0 saturated heterocycles. The lowest BCUT2D eigenvalue weighted by molar-refractivity contribution is -0.134. The zero-order valence-electron chi connectivity index (χ0n) is 14.6. The van der Waals surface area contributed by atoms with Crippen molar-refractivity contribution < 1.29 is 9.59 Å². The first-order chi connectivity index (χ1) is 13.1. The maximum Gasteiger partial charge on any atom is 0.250 e. The number of nitrogens with zero attached hydrogens (tertiary/aromatic N) is 4. The van der Waals surface area contributed by atoms with Gasteiger partial charge >= 0.3 is 0 Å². The average molecular weight is 379 g/mol. The van der Waals surface area contributed by atoms with Gasteiger partial charge in [0.15, 0.2) is 0 Å². The van der Waals surface area contributed by atoms with E-state index in [1.165, 1.54) is 11.3 Å². The van der Waals surface area contributed by atoms with Crippen molar-refractivity contribution in [3.8, 4) is 10.7 Å². The van der Waals surface area contributed by atoms with Gasteiger partial charge in [-0.25, -0.2) is 4.98 Å². The number of nitrogens with one attached hydrogen (secondary N) is 1. The van der Waals surface area contributed by atoms with Crippen LogP contribution in [0.2, 0.25) is 0 Å². The third-order valence-corrected chi connectivity index (χ3v) is 5.37. The molecule has 27 heavy (non-hydrogen) atoms. The van der Waals surface area contributed by atoms with Crippen LogP contribution < -0.4 is 5.32 Å². The van der Waals surface area contributed by atoms with Crippen LogP contribution in [0.4, 0.5) is 0 Å². The maximum absolute atomic E-state index is 12.9. The minimum absolute atomic E-state index is 0.0246. The van der Waals surface area contributed by atoms with Crippen molar-refractivity contribution in [1.82, 2.24) is 20.2 Å². The fourth-order valence-corrected chi connectivity index (χ4v) is 3.83. The molecule has 4 heterocycles. The lowest BCUT2D eigenvalue weighted by Gasteiger charge is -2.41. The number of thiazole rings is 1. The number of pyridine rings is 1. The number of hydrogen-bond acceptors (Lipinski definition) is 6. The predicted octanol–water partition coefficient (Wildman–Crippen LogP) is 2.29. The molecule has 0 spiro atoms. The van der Waals surface area contributed by atoms with E-state index in [9.17, 15) is 9.59 Å². The number of carbonyl (C=O) groups is 2. The molecule has 0 fully saturated rings. The van der Waals surface area contributed by atoms with E-state index in [-0.39, 0.29) is 24.8 Å². The van der Waals surface area contributed by atoms with Gasteiger partial charge in [0, 0.05) is 17.8 Å². The van der Waals surface area contributed by atoms with Gasteiger partial charge < -0.3 is 10.2 Å². The van der Waals surface area contributed by atoms with Crippen molar-refractivity contribution in [2.45, 2.75) is 25.4 Å². The van der Waals surface area contributed by atoms with E-state index in [0.29, 0.717) is 5.84 Å². The number of amidine groups is 1. The molecule has 0 bridgehead atoms. The molecule has 7 nitrogen and oxygen atoms in total. The van der Waals surface area contributed by atoms with Gasteiger partial charge in [-0.3, -0.25) is 14.6 Å². The summed E-state index contributed by atoms with van der Waals surface area (Å²) in [6, 6.07) is 5.66. The Bertz CT molecular complexity index is 979. The van der Waals surface area contributed by atoms with Crippen molar-refractivity contribution in [1.29, 1.82) is 0 Å². The molecule has 1 N–H and O–H groups in total. The highest BCUT2D eigenvalue weighted by atomic mass is 32.1. The molecule has 136 valence electrons.